The number of nitrogens with zero attached hydrogens (tertiary/aromatic N) is 1. The van der Waals surface area contributed by atoms with E-state index in [9.17, 15) is 4.79 Å². The van der Waals surface area contributed by atoms with Crippen LogP contribution in [0.15, 0.2) is 42.6 Å². The molecule has 98 valence electrons. The standard InChI is InChI=1S/C14H14ClN3O/c15-13-12(8-11(16)9-18-13)14(19)17-7-6-10-4-2-1-3-5-10/h1-5,8-9H,6-7,16H2,(H,17,19). The molecule has 19 heavy (non-hydrogen) atoms. The predicted molar refractivity (Wildman–Crippen MR) is 76.1 cm³/mol. The van der Waals surface area contributed by atoms with Gasteiger partial charge in [0.25, 0.3) is 5.91 Å². The van der Waals surface area contributed by atoms with E-state index in [1.54, 1.807) is 0 Å². The van der Waals surface area contributed by atoms with Gasteiger partial charge in [-0.1, -0.05) is 41.9 Å². The van der Waals surface area contributed by atoms with Gasteiger partial charge in [-0.15, -0.1) is 0 Å². The van der Waals surface area contributed by atoms with Gasteiger partial charge >= 0.3 is 0 Å². The van der Waals surface area contributed by atoms with Crippen LogP contribution in [-0.2, 0) is 6.42 Å². The van der Waals surface area contributed by atoms with Crippen molar-refractivity contribution in [2.45, 2.75) is 6.42 Å². The fourth-order valence-corrected chi connectivity index (χ4v) is 1.87. The highest BCUT2D eigenvalue weighted by atomic mass is 35.5. The van der Waals surface area contributed by atoms with Crippen molar-refractivity contribution in [3.63, 3.8) is 0 Å². The molecular weight excluding hydrogens is 262 g/mol. The highest BCUT2D eigenvalue weighted by Gasteiger charge is 2.11. The number of pyridine rings is 1. The molecule has 1 amide bonds. The van der Waals surface area contributed by atoms with Gasteiger partial charge in [0.1, 0.15) is 5.15 Å². The van der Waals surface area contributed by atoms with Crippen LogP contribution < -0.4 is 11.1 Å². The maximum atomic E-state index is 11.9. The van der Waals surface area contributed by atoms with Crippen molar-refractivity contribution >= 4 is 23.2 Å². The maximum Gasteiger partial charge on any atom is 0.254 e. The van der Waals surface area contributed by atoms with Crippen LogP contribution >= 0.6 is 11.6 Å². The number of nitrogen functional groups attached to an aromatic ring is 1. The lowest BCUT2D eigenvalue weighted by Gasteiger charge is -2.07. The Balaban J connectivity index is 1.93. The lowest BCUT2D eigenvalue weighted by atomic mass is 10.1. The number of hydrogen-bond donors (Lipinski definition) is 2. The molecule has 0 saturated carbocycles. The third-order valence-electron chi connectivity index (χ3n) is 2.65. The molecule has 0 aliphatic carbocycles. The second-order valence-electron chi connectivity index (χ2n) is 4.10. The maximum absolute atomic E-state index is 11.9. The van der Waals surface area contributed by atoms with Crippen molar-refractivity contribution in [2.75, 3.05) is 12.3 Å². The van der Waals surface area contributed by atoms with Crippen LogP contribution in [0.2, 0.25) is 5.15 Å². The Morgan fingerprint density at radius 1 is 1.32 bits per heavy atom. The SMILES string of the molecule is Nc1cnc(Cl)c(C(=O)NCCc2ccccc2)c1. The summed E-state index contributed by atoms with van der Waals surface area (Å²) in [5.74, 6) is -0.263. The third kappa shape index (κ3) is 3.69. The Kier molecular flexibility index (Phi) is 4.36. The minimum Gasteiger partial charge on any atom is -0.397 e. The molecule has 2 aromatic rings. The van der Waals surface area contributed by atoms with Crippen molar-refractivity contribution in [3.8, 4) is 0 Å². The number of carbonyl (C=O) groups is 1. The number of rotatable bonds is 4. The Hall–Kier alpha value is -2.07. The Bertz CT molecular complexity index is 572. The van der Waals surface area contributed by atoms with E-state index in [4.69, 9.17) is 17.3 Å². The highest BCUT2D eigenvalue weighted by Crippen LogP contribution is 2.15. The lowest BCUT2D eigenvalue weighted by Crippen LogP contribution is -2.26. The number of carbonyl (C=O) groups excluding carboxylic acids is 1. The molecule has 1 heterocycles. The summed E-state index contributed by atoms with van der Waals surface area (Å²) in [5, 5.41) is 2.96. The molecule has 0 spiro atoms. The van der Waals surface area contributed by atoms with Crippen molar-refractivity contribution < 1.29 is 4.79 Å². The molecule has 0 aliphatic rings. The van der Waals surface area contributed by atoms with Crippen LogP contribution in [0.4, 0.5) is 5.69 Å². The molecule has 0 saturated heterocycles. The van der Waals surface area contributed by atoms with E-state index in [0.717, 1.165) is 6.42 Å². The van der Waals surface area contributed by atoms with Gasteiger partial charge in [-0.3, -0.25) is 4.79 Å². The molecule has 0 bridgehead atoms. The van der Waals surface area contributed by atoms with E-state index in [0.29, 0.717) is 17.8 Å². The van der Waals surface area contributed by atoms with Crippen LogP contribution in [0.1, 0.15) is 15.9 Å². The van der Waals surface area contributed by atoms with Gasteiger partial charge in [0.15, 0.2) is 0 Å². The summed E-state index contributed by atoms with van der Waals surface area (Å²) in [6.07, 6.45) is 2.18. The minimum absolute atomic E-state index is 0.159. The summed E-state index contributed by atoms with van der Waals surface area (Å²) in [5.41, 5.74) is 7.47. The minimum atomic E-state index is -0.263. The molecule has 4 nitrogen and oxygen atoms in total. The van der Waals surface area contributed by atoms with Crippen LogP contribution in [0, 0.1) is 0 Å². The first kappa shape index (κ1) is 13.4. The second kappa shape index (κ2) is 6.20. The molecular formula is C14H14ClN3O. The first-order chi connectivity index (χ1) is 9.16. The van der Waals surface area contributed by atoms with Crippen LogP contribution in [0.5, 0.6) is 0 Å². The van der Waals surface area contributed by atoms with Crippen molar-refractivity contribution in [3.05, 3.63) is 58.9 Å². The number of benzene rings is 1. The van der Waals surface area contributed by atoms with E-state index in [-0.39, 0.29) is 11.1 Å². The topological polar surface area (TPSA) is 68.0 Å². The van der Waals surface area contributed by atoms with E-state index in [1.165, 1.54) is 17.8 Å². The first-order valence-corrected chi connectivity index (χ1v) is 6.28. The molecule has 0 atom stereocenters. The Morgan fingerprint density at radius 2 is 2.05 bits per heavy atom. The molecule has 0 unspecified atom stereocenters. The zero-order valence-electron chi connectivity index (χ0n) is 10.3. The second-order valence-corrected chi connectivity index (χ2v) is 4.46. The lowest BCUT2D eigenvalue weighted by molar-refractivity contribution is 0.0954. The van der Waals surface area contributed by atoms with Crippen LogP contribution in [0.3, 0.4) is 0 Å². The molecule has 0 radical (unpaired) electrons. The van der Waals surface area contributed by atoms with Crippen molar-refractivity contribution in [1.82, 2.24) is 10.3 Å². The number of nitrogens with two attached hydrogens (primary N) is 1. The van der Waals surface area contributed by atoms with E-state index >= 15 is 0 Å². The number of nitrogens with one attached hydrogen (secondary N) is 1. The molecule has 1 aromatic heterocycles. The van der Waals surface area contributed by atoms with Gasteiger partial charge < -0.3 is 11.1 Å². The van der Waals surface area contributed by atoms with Crippen molar-refractivity contribution in [2.24, 2.45) is 0 Å². The van der Waals surface area contributed by atoms with Crippen LogP contribution in [0.25, 0.3) is 0 Å². The summed E-state index contributed by atoms with van der Waals surface area (Å²) < 4.78 is 0. The fraction of sp³-hybridized carbons (Fsp3) is 0.143. The van der Waals surface area contributed by atoms with Gasteiger partial charge in [0.2, 0.25) is 0 Å². The van der Waals surface area contributed by atoms with E-state index < -0.39 is 0 Å². The molecule has 0 aliphatic heterocycles. The Morgan fingerprint density at radius 3 is 2.79 bits per heavy atom. The largest absolute Gasteiger partial charge is 0.397 e. The van der Waals surface area contributed by atoms with Gasteiger partial charge in [-0.25, -0.2) is 4.98 Å². The number of hydrogen-bond acceptors (Lipinski definition) is 3. The average Bonchev–Trinajstić information content (AvgIpc) is 2.42. The summed E-state index contributed by atoms with van der Waals surface area (Å²) in [6.45, 7) is 0.536. The highest BCUT2D eigenvalue weighted by molar-refractivity contribution is 6.32. The van der Waals surface area contributed by atoms with Gasteiger partial charge in [-0.05, 0) is 18.1 Å². The zero-order chi connectivity index (χ0) is 13.7. The first-order valence-electron chi connectivity index (χ1n) is 5.90. The normalized spacial score (nSPS) is 10.2. The third-order valence-corrected chi connectivity index (χ3v) is 2.95. The van der Waals surface area contributed by atoms with E-state index in [2.05, 4.69) is 10.3 Å². The summed E-state index contributed by atoms with van der Waals surface area (Å²) >= 11 is 5.86. The zero-order valence-corrected chi connectivity index (χ0v) is 11.0. The van der Waals surface area contributed by atoms with Gasteiger partial charge in [-0.2, -0.15) is 0 Å². The predicted octanol–water partition coefficient (Wildman–Crippen LogP) is 2.29. The number of aromatic nitrogens is 1. The van der Waals surface area contributed by atoms with Crippen LogP contribution in [-0.4, -0.2) is 17.4 Å². The number of halogens is 1. The van der Waals surface area contributed by atoms with E-state index in [1.807, 2.05) is 30.3 Å². The summed E-state index contributed by atoms with van der Waals surface area (Å²) in [7, 11) is 0. The average molecular weight is 276 g/mol. The molecule has 2 rings (SSSR count). The smallest absolute Gasteiger partial charge is 0.254 e. The number of amides is 1. The van der Waals surface area contributed by atoms with Crippen molar-refractivity contribution in [1.29, 1.82) is 0 Å². The monoisotopic (exact) mass is 275 g/mol. The molecule has 3 N–H and O–H groups in total. The molecule has 1 aromatic carbocycles. The fourth-order valence-electron chi connectivity index (χ4n) is 1.68. The summed E-state index contributed by atoms with van der Waals surface area (Å²) in [4.78, 5) is 15.8. The number of anilines is 1. The van der Waals surface area contributed by atoms with Gasteiger partial charge in [0.05, 0.1) is 17.4 Å². The molecule has 0 fully saturated rings. The Labute approximate surface area is 116 Å². The molecule has 5 heteroatoms. The summed E-state index contributed by atoms with van der Waals surface area (Å²) in [6, 6.07) is 11.4. The quantitative estimate of drug-likeness (QED) is 0.841. The van der Waals surface area contributed by atoms with Gasteiger partial charge in [0, 0.05) is 6.54 Å².